The highest BCUT2D eigenvalue weighted by Crippen LogP contribution is 2.35. The van der Waals surface area contributed by atoms with Crippen LogP contribution in [0.3, 0.4) is 0 Å². The summed E-state index contributed by atoms with van der Waals surface area (Å²) in [6.45, 7) is 0.720. The molecule has 2 aromatic rings. The largest absolute Gasteiger partial charge is 0.478 e. The van der Waals surface area contributed by atoms with Crippen LogP contribution in [0.25, 0.3) is 0 Å². The number of anilines is 1. The summed E-state index contributed by atoms with van der Waals surface area (Å²) in [6.07, 6.45) is 1.03. The summed E-state index contributed by atoms with van der Waals surface area (Å²) < 4.78 is 0. The highest BCUT2D eigenvalue weighted by Gasteiger charge is 2.25. The minimum Gasteiger partial charge on any atom is -0.478 e. The van der Waals surface area contributed by atoms with Crippen molar-refractivity contribution in [2.24, 2.45) is 0 Å². The van der Waals surface area contributed by atoms with Crippen molar-refractivity contribution >= 4 is 23.3 Å². The first-order chi connectivity index (χ1) is 9.66. The van der Waals surface area contributed by atoms with Gasteiger partial charge in [0.1, 0.15) is 5.56 Å². The van der Waals surface area contributed by atoms with Gasteiger partial charge in [-0.2, -0.15) is 0 Å². The lowest BCUT2D eigenvalue weighted by atomic mass is 9.77. The first-order valence-electron chi connectivity index (χ1n) is 6.50. The quantitative estimate of drug-likeness (QED) is 0.899. The molecule has 1 atom stereocenters. The standard InChI is InChI=1S/C16H14ClNO2/c17-13-6-3-7-14(15(13)16(19)20)18-9-11-8-10-4-1-2-5-12(10)11/h1-7,11,18H,8-9H2,(H,19,20). The van der Waals surface area contributed by atoms with E-state index in [-0.39, 0.29) is 10.6 Å². The third kappa shape index (κ3) is 2.25. The molecular formula is C16H14ClNO2. The van der Waals surface area contributed by atoms with Crippen LogP contribution in [-0.4, -0.2) is 17.6 Å². The number of hydrogen-bond donors (Lipinski definition) is 2. The molecule has 0 spiro atoms. The van der Waals surface area contributed by atoms with Gasteiger partial charge < -0.3 is 10.4 Å². The lowest BCUT2D eigenvalue weighted by Crippen LogP contribution is -2.24. The van der Waals surface area contributed by atoms with E-state index in [4.69, 9.17) is 11.6 Å². The molecule has 0 aliphatic heterocycles. The summed E-state index contributed by atoms with van der Waals surface area (Å²) >= 11 is 5.95. The second-order valence-electron chi connectivity index (χ2n) is 4.95. The highest BCUT2D eigenvalue weighted by molar-refractivity contribution is 6.34. The van der Waals surface area contributed by atoms with Gasteiger partial charge in [0.05, 0.1) is 10.7 Å². The molecule has 0 saturated carbocycles. The Bertz CT molecular complexity index is 669. The third-order valence-electron chi connectivity index (χ3n) is 3.73. The summed E-state index contributed by atoms with van der Waals surface area (Å²) in [5, 5.41) is 12.7. The van der Waals surface area contributed by atoms with Crippen molar-refractivity contribution in [3.8, 4) is 0 Å². The van der Waals surface area contributed by atoms with E-state index in [1.165, 1.54) is 11.1 Å². The second kappa shape index (κ2) is 5.17. The predicted octanol–water partition coefficient (Wildman–Crippen LogP) is 3.79. The maximum atomic E-state index is 11.2. The van der Waals surface area contributed by atoms with E-state index < -0.39 is 5.97 Å². The van der Waals surface area contributed by atoms with E-state index >= 15 is 0 Å². The van der Waals surface area contributed by atoms with Gasteiger partial charge in [-0.25, -0.2) is 4.79 Å². The van der Waals surface area contributed by atoms with Crippen LogP contribution < -0.4 is 5.32 Å². The molecule has 0 amide bonds. The molecular weight excluding hydrogens is 274 g/mol. The Morgan fingerprint density at radius 1 is 1.25 bits per heavy atom. The molecule has 3 nitrogen and oxygen atoms in total. The first-order valence-corrected chi connectivity index (χ1v) is 6.88. The zero-order valence-corrected chi connectivity index (χ0v) is 11.5. The highest BCUT2D eigenvalue weighted by atomic mass is 35.5. The van der Waals surface area contributed by atoms with Gasteiger partial charge in [0.2, 0.25) is 0 Å². The summed E-state index contributed by atoms with van der Waals surface area (Å²) in [6, 6.07) is 13.4. The fourth-order valence-electron chi connectivity index (χ4n) is 2.67. The van der Waals surface area contributed by atoms with Gasteiger partial charge in [-0.05, 0) is 29.7 Å². The lowest BCUT2D eigenvalue weighted by Gasteiger charge is -2.30. The lowest BCUT2D eigenvalue weighted by molar-refractivity contribution is 0.0698. The van der Waals surface area contributed by atoms with Crippen LogP contribution in [0, 0.1) is 0 Å². The third-order valence-corrected chi connectivity index (χ3v) is 4.04. The molecule has 1 unspecified atom stereocenters. The molecule has 0 saturated heterocycles. The number of nitrogens with one attached hydrogen (secondary N) is 1. The first kappa shape index (κ1) is 13.0. The number of carboxylic acid groups (broad SMARTS) is 1. The van der Waals surface area contributed by atoms with Gasteiger partial charge >= 0.3 is 5.97 Å². The van der Waals surface area contributed by atoms with Crippen LogP contribution in [0.4, 0.5) is 5.69 Å². The van der Waals surface area contributed by atoms with E-state index in [1.807, 2.05) is 12.1 Å². The molecule has 1 aliphatic carbocycles. The van der Waals surface area contributed by atoms with E-state index in [2.05, 4.69) is 17.4 Å². The van der Waals surface area contributed by atoms with Crippen molar-refractivity contribution in [3.63, 3.8) is 0 Å². The maximum Gasteiger partial charge on any atom is 0.339 e. The molecule has 0 bridgehead atoms. The zero-order chi connectivity index (χ0) is 14.1. The topological polar surface area (TPSA) is 49.3 Å². The molecule has 0 fully saturated rings. The minimum atomic E-state index is -1.01. The number of carbonyl (C=O) groups is 1. The van der Waals surface area contributed by atoms with E-state index in [9.17, 15) is 9.90 Å². The molecule has 1 aliphatic rings. The maximum absolute atomic E-state index is 11.2. The Morgan fingerprint density at radius 3 is 2.80 bits per heavy atom. The number of aromatic carboxylic acids is 1. The van der Waals surface area contributed by atoms with Crippen LogP contribution in [-0.2, 0) is 6.42 Å². The van der Waals surface area contributed by atoms with Crippen molar-refractivity contribution in [1.29, 1.82) is 0 Å². The molecule has 20 heavy (non-hydrogen) atoms. The van der Waals surface area contributed by atoms with Crippen molar-refractivity contribution in [1.82, 2.24) is 0 Å². The van der Waals surface area contributed by atoms with Gasteiger partial charge in [0.25, 0.3) is 0 Å². The molecule has 2 aromatic carbocycles. The van der Waals surface area contributed by atoms with Crippen molar-refractivity contribution in [2.75, 3.05) is 11.9 Å². The molecule has 0 aromatic heterocycles. The summed E-state index contributed by atoms with van der Waals surface area (Å²) in [5.41, 5.74) is 3.44. The van der Waals surface area contributed by atoms with E-state index in [0.717, 1.165) is 13.0 Å². The van der Waals surface area contributed by atoms with Crippen LogP contribution in [0.2, 0.25) is 5.02 Å². The van der Waals surface area contributed by atoms with Gasteiger partial charge in [0.15, 0.2) is 0 Å². The molecule has 2 N–H and O–H groups in total. The van der Waals surface area contributed by atoms with Crippen LogP contribution in [0.1, 0.15) is 27.4 Å². The van der Waals surface area contributed by atoms with E-state index in [1.54, 1.807) is 18.2 Å². The number of rotatable bonds is 4. The number of benzene rings is 2. The molecule has 3 rings (SSSR count). The monoisotopic (exact) mass is 287 g/mol. The zero-order valence-electron chi connectivity index (χ0n) is 10.8. The fraction of sp³-hybridized carbons (Fsp3) is 0.188. The Labute approximate surface area is 122 Å². The van der Waals surface area contributed by atoms with Crippen molar-refractivity contribution in [2.45, 2.75) is 12.3 Å². The molecule has 102 valence electrons. The number of hydrogen-bond acceptors (Lipinski definition) is 2. The van der Waals surface area contributed by atoms with Gasteiger partial charge in [-0.1, -0.05) is 41.9 Å². The van der Waals surface area contributed by atoms with Crippen LogP contribution in [0.15, 0.2) is 42.5 Å². The Hall–Kier alpha value is -2.00. The molecule has 4 heteroatoms. The number of halogens is 1. The Morgan fingerprint density at radius 2 is 2.05 bits per heavy atom. The molecule has 0 radical (unpaired) electrons. The van der Waals surface area contributed by atoms with Gasteiger partial charge in [-0.15, -0.1) is 0 Å². The normalized spacial score (nSPS) is 16.1. The summed E-state index contributed by atoms with van der Waals surface area (Å²) in [5.74, 6) is -0.570. The minimum absolute atomic E-state index is 0.141. The fourth-order valence-corrected chi connectivity index (χ4v) is 2.92. The average Bonchev–Trinajstić information content (AvgIpc) is 2.39. The Kier molecular flexibility index (Phi) is 3.36. The SMILES string of the molecule is O=C(O)c1c(Cl)cccc1NCC1Cc2ccccc21. The van der Waals surface area contributed by atoms with E-state index in [0.29, 0.717) is 11.6 Å². The van der Waals surface area contributed by atoms with Crippen LogP contribution in [0.5, 0.6) is 0 Å². The molecule has 0 heterocycles. The van der Waals surface area contributed by atoms with Gasteiger partial charge in [0, 0.05) is 12.5 Å². The van der Waals surface area contributed by atoms with Crippen molar-refractivity contribution in [3.05, 3.63) is 64.2 Å². The summed E-state index contributed by atoms with van der Waals surface area (Å²) in [4.78, 5) is 11.2. The van der Waals surface area contributed by atoms with Gasteiger partial charge in [-0.3, -0.25) is 0 Å². The van der Waals surface area contributed by atoms with Crippen molar-refractivity contribution < 1.29 is 9.90 Å². The summed E-state index contributed by atoms with van der Waals surface area (Å²) in [7, 11) is 0. The number of fused-ring (bicyclic) bond motifs is 1. The van der Waals surface area contributed by atoms with Crippen LogP contribution >= 0.6 is 11.6 Å². The second-order valence-corrected chi connectivity index (χ2v) is 5.36. The smallest absolute Gasteiger partial charge is 0.339 e. The Balaban J connectivity index is 1.75. The average molecular weight is 288 g/mol. The predicted molar refractivity (Wildman–Crippen MR) is 79.8 cm³/mol. The number of carboxylic acids is 1.